The van der Waals surface area contributed by atoms with E-state index in [1.165, 1.54) is 11.1 Å². The fourth-order valence-corrected chi connectivity index (χ4v) is 6.55. The molecule has 1 aliphatic heterocycles. The molecule has 1 N–H and O–H groups in total. The fraction of sp³-hybridized carbons (Fsp3) is 0.341. The quantitative estimate of drug-likeness (QED) is 0.0984. The third kappa shape index (κ3) is 7.68. The van der Waals surface area contributed by atoms with Gasteiger partial charge in [0.15, 0.2) is 11.2 Å². The second kappa shape index (κ2) is 15.9. The third-order valence-electron chi connectivity index (χ3n) is 9.43. The number of fused-ring (bicyclic) bond motifs is 1. The molecule has 0 spiro atoms. The summed E-state index contributed by atoms with van der Waals surface area (Å²) in [4.78, 5) is 22.4. The van der Waals surface area contributed by atoms with Gasteiger partial charge in [-0.2, -0.15) is 0 Å². The van der Waals surface area contributed by atoms with Crippen molar-refractivity contribution in [3.63, 3.8) is 0 Å². The lowest BCUT2D eigenvalue weighted by molar-refractivity contribution is -0.0931. The van der Waals surface area contributed by atoms with Crippen LogP contribution in [-0.2, 0) is 21.6 Å². The van der Waals surface area contributed by atoms with Crippen LogP contribution in [0.2, 0.25) is 0 Å². The van der Waals surface area contributed by atoms with E-state index in [0.717, 1.165) is 41.0 Å². The Morgan fingerprint density at radius 3 is 2.12 bits per heavy atom. The number of ether oxygens (including phenoxy) is 4. The van der Waals surface area contributed by atoms with Crippen molar-refractivity contribution in [2.75, 3.05) is 20.8 Å². The molecule has 0 radical (unpaired) electrons. The van der Waals surface area contributed by atoms with Gasteiger partial charge in [0.05, 0.1) is 33.3 Å². The Morgan fingerprint density at radius 1 is 0.882 bits per heavy atom. The molecule has 10 heteroatoms. The topological polar surface area (TPSA) is 110 Å². The first-order valence-electron chi connectivity index (χ1n) is 17.3. The Balaban J connectivity index is 1.25. The molecule has 0 amide bonds. The summed E-state index contributed by atoms with van der Waals surface area (Å²) >= 11 is 0. The van der Waals surface area contributed by atoms with Crippen LogP contribution in [0.4, 0.5) is 0 Å². The first kappa shape index (κ1) is 35.8. The van der Waals surface area contributed by atoms with Gasteiger partial charge in [-0.15, -0.1) is 0 Å². The van der Waals surface area contributed by atoms with E-state index < -0.39 is 24.0 Å². The number of aromatic nitrogens is 4. The molecule has 266 valence electrons. The Hall–Kier alpha value is -5.03. The summed E-state index contributed by atoms with van der Waals surface area (Å²) in [5.74, 6) is 1.45. The molecule has 0 unspecified atom stereocenters. The van der Waals surface area contributed by atoms with Crippen LogP contribution < -0.4 is 15.0 Å². The van der Waals surface area contributed by atoms with E-state index in [4.69, 9.17) is 18.9 Å². The van der Waals surface area contributed by atoms with Crippen molar-refractivity contribution >= 4 is 11.2 Å². The van der Waals surface area contributed by atoms with Gasteiger partial charge in [0.2, 0.25) is 0 Å². The summed E-state index contributed by atoms with van der Waals surface area (Å²) < 4.78 is 27.7. The van der Waals surface area contributed by atoms with E-state index in [9.17, 15) is 9.90 Å². The summed E-state index contributed by atoms with van der Waals surface area (Å²) in [5, 5.41) is 11.3. The average Bonchev–Trinajstić information content (AvgIpc) is 3.76. The SMILES string of the molecule is COc1ccc(C(OC[C@H]2O[C@@H](n3cnc4c(=O)n(CC=C(C)CCC=C(C)C)cnc43)C[C@@H]2O)(c2ccccc2)c2ccc(OC)cc2)cc1. The number of aliphatic hydroxyl groups is 1. The molecule has 5 aromatic rings. The maximum absolute atomic E-state index is 13.4. The fourth-order valence-electron chi connectivity index (χ4n) is 6.55. The third-order valence-corrected chi connectivity index (χ3v) is 9.43. The van der Waals surface area contributed by atoms with E-state index in [1.54, 1.807) is 36.0 Å². The lowest BCUT2D eigenvalue weighted by Crippen LogP contribution is -2.38. The molecule has 1 aliphatic rings. The normalized spacial score (nSPS) is 17.8. The van der Waals surface area contributed by atoms with Gasteiger partial charge in [-0.25, -0.2) is 9.97 Å². The number of rotatable bonds is 14. The number of nitrogens with zero attached hydrogens (tertiary/aromatic N) is 4. The molecule has 0 saturated carbocycles. The van der Waals surface area contributed by atoms with Crippen LogP contribution in [0.5, 0.6) is 11.5 Å². The highest BCUT2D eigenvalue weighted by atomic mass is 16.6. The van der Waals surface area contributed by atoms with Crippen LogP contribution in [0.1, 0.15) is 63.0 Å². The number of methoxy groups -OCH3 is 2. The smallest absolute Gasteiger partial charge is 0.281 e. The molecule has 3 aromatic carbocycles. The summed E-state index contributed by atoms with van der Waals surface area (Å²) in [6, 6.07) is 25.6. The van der Waals surface area contributed by atoms with Crippen LogP contribution in [0.3, 0.4) is 0 Å². The van der Waals surface area contributed by atoms with Gasteiger partial charge < -0.3 is 24.1 Å². The minimum Gasteiger partial charge on any atom is -0.497 e. The van der Waals surface area contributed by atoms with Crippen LogP contribution in [0.15, 0.2) is 120 Å². The molecule has 6 rings (SSSR count). The number of imidazole rings is 1. The summed E-state index contributed by atoms with van der Waals surface area (Å²) in [7, 11) is 3.27. The van der Waals surface area contributed by atoms with E-state index in [0.29, 0.717) is 12.2 Å². The van der Waals surface area contributed by atoms with Gasteiger partial charge in [-0.1, -0.05) is 77.9 Å². The highest BCUT2D eigenvalue weighted by Gasteiger charge is 2.42. The summed E-state index contributed by atoms with van der Waals surface area (Å²) in [5.41, 5.74) is 4.55. The Morgan fingerprint density at radius 2 is 1.51 bits per heavy atom. The molecule has 10 nitrogen and oxygen atoms in total. The number of hydrogen-bond acceptors (Lipinski definition) is 8. The van der Waals surface area contributed by atoms with Crippen molar-refractivity contribution in [1.82, 2.24) is 19.1 Å². The second-order valence-electron chi connectivity index (χ2n) is 13.1. The summed E-state index contributed by atoms with van der Waals surface area (Å²) in [6.45, 7) is 6.74. The van der Waals surface area contributed by atoms with Gasteiger partial charge >= 0.3 is 0 Å². The number of hydrogen-bond donors (Lipinski definition) is 1. The lowest BCUT2D eigenvalue weighted by atomic mass is 9.80. The standard InChI is InChI=1S/C41H46N4O6/c1-28(2)10-9-11-29(3)22-23-44-26-43-39-38(40(44)47)42-27-45(39)37-24-35(46)36(51-37)25-50-41(30-12-7-6-8-13-30,31-14-18-33(48-4)19-15-31)32-16-20-34(49-5)21-17-32/h6-8,10,12-22,26-27,35-37,46H,9,11,23-25H2,1-5H3/t35-,36+,37+/m0/s1. The predicted molar refractivity (Wildman–Crippen MR) is 197 cm³/mol. The Kier molecular flexibility index (Phi) is 11.1. The van der Waals surface area contributed by atoms with Crippen LogP contribution >= 0.6 is 0 Å². The van der Waals surface area contributed by atoms with E-state index in [1.807, 2.05) is 78.9 Å². The van der Waals surface area contributed by atoms with E-state index in [2.05, 4.69) is 42.9 Å². The maximum atomic E-state index is 13.4. The molecule has 0 bridgehead atoms. The Bertz CT molecular complexity index is 1980. The van der Waals surface area contributed by atoms with Crippen LogP contribution in [0, 0.1) is 0 Å². The number of aliphatic hydroxyl groups excluding tert-OH is 1. The molecule has 2 aromatic heterocycles. The zero-order chi connectivity index (χ0) is 36.0. The molecular formula is C41H46N4O6. The van der Waals surface area contributed by atoms with Crippen molar-refractivity contribution in [2.24, 2.45) is 0 Å². The van der Waals surface area contributed by atoms with Crippen molar-refractivity contribution < 1.29 is 24.1 Å². The van der Waals surface area contributed by atoms with Crippen molar-refractivity contribution in [1.29, 1.82) is 0 Å². The molecule has 1 fully saturated rings. The highest BCUT2D eigenvalue weighted by molar-refractivity contribution is 5.69. The molecule has 3 heterocycles. The van der Waals surface area contributed by atoms with Crippen LogP contribution in [-0.4, -0.2) is 57.2 Å². The maximum Gasteiger partial charge on any atom is 0.281 e. The number of allylic oxidation sites excluding steroid dienone is 4. The van der Waals surface area contributed by atoms with Crippen molar-refractivity contribution in [3.05, 3.63) is 142 Å². The monoisotopic (exact) mass is 690 g/mol. The molecule has 0 aliphatic carbocycles. The van der Waals surface area contributed by atoms with Gasteiger partial charge in [0, 0.05) is 13.0 Å². The van der Waals surface area contributed by atoms with Gasteiger partial charge in [-0.05, 0) is 74.6 Å². The highest BCUT2D eigenvalue weighted by Crippen LogP contribution is 2.43. The lowest BCUT2D eigenvalue weighted by Gasteiger charge is -2.37. The minimum atomic E-state index is -1.06. The van der Waals surface area contributed by atoms with E-state index in [-0.39, 0.29) is 24.1 Å². The Labute approximate surface area is 298 Å². The first-order chi connectivity index (χ1) is 24.7. The molecular weight excluding hydrogens is 644 g/mol. The zero-order valence-electron chi connectivity index (χ0n) is 29.9. The predicted octanol–water partition coefficient (Wildman–Crippen LogP) is 6.96. The molecule has 51 heavy (non-hydrogen) atoms. The van der Waals surface area contributed by atoms with E-state index >= 15 is 0 Å². The number of benzene rings is 3. The molecule has 1 saturated heterocycles. The largest absolute Gasteiger partial charge is 0.497 e. The minimum absolute atomic E-state index is 0.0663. The van der Waals surface area contributed by atoms with Gasteiger partial charge in [0.25, 0.3) is 5.56 Å². The summed E-state index contributed by atoms with van der Waals surface area (Å²) in [6.07, 6.45) is 7.45. The second-order valence-corrected chi connectivity index (χ2v) is 13.1. The average molecular weight is 691 g/mol. The van der Waals surface area contributed by atoms with Crippen LogP contribution in [0.25, 0.3) is 11.2 Å². The van der Waals surface area contributed by atoms with Crippen molar-refractivity contribution in [3.8, 4) is 11.5 Å². The van der Waals surface area contributed by atoms with Gasteiger partial charge in [-0.3, -0.25) is 13.9 Å². The first-order valence-corrected chi connectivity index (χ1v) is 17.3. The molecule has 3 atom stereocenters. The van der Waals surface area contributed by atoms with Crippen molar-refractivity contribution in [2.45, 2.75) is 70.6 Å². The van der Waals surface area contributed by atoms with Gasteiger partial charge in [0.1, 0.15) is 35.8 Å². The zero-order valence-corrected chi connectivity index (χ0v) is 29.9.